The molecule has 3 rings (SSSR count). The number of benzene rings is 3. The van der Waals surface area contributed by atoms with Crippen LogP contribution in [0.4, 0.5) is 0 Å². The standard InChI is InChI=1S/C21H18N2/c22-15-14-21(23)20-12-10-19(11-13-20)18-8-6-17(7-9-18)16-4-2-1-3-5-16/h1-15,22H,23H2. The summed E-state index contributed by atoms with van der Waals surface area (Å²) in [6.45, 7) is 0. The van der Waals surface area contributed by atoms with Gasteiger partial charge in [-0.05, 0) is 33.9 Å². The van der Waals surface area contributed by atoms with Crippen molar-refractivity contribution in [2.24, 2.45) is 5.73 Å². The van der Waals surface area contributed by atoms with Crippen molar-refractivity contribution in [2.75, 3.05) is 0 Å². The van der Waals surface area contributed by atoms with Crippen LogP contribution >= 0.6 is 0 Å². The number of hydrogen-bond donors (Lipinski definition) is 2. The Morgan fingerprint density at radius 1 is 0.652 bits per heavy atom. The molecule has 0 aliphatic carbocycles. The molecule has 2 heteroatoms. The fourth-order valence-electron chi connectivity index (χ4n) is 2.53. The zero-order chi connectivity index (χ0) is 16.1. The van der Waals surface area contributed by atoms with Gasteiger partial charge in [0.15, 0.2) is 0 Å². The molecule has 0 saturated heterocycles. The second kappa shape index (κ2) is 6.75. The van der Waals surface area contributed by atoms with Crippen LogP contribution in [0.3, 0.4) is 0 Å². The molecular formula is C21H18N2. The summed E-state index contributed by atoms with van der Waals surface area (Å²) in [5.41, 5.74) is 12.2. The molecular weight excluding hydrogens is 280 g/mol. The molecule has 3 aromatic carbocycles. The molecule has 0 fully saturated rings. The van der Waals surface area contributed by atoms with Gasteiger partial charge in [0.1, 0.15) is 0 Å². The third kappa shape index (κ3) is 3.38. The van der Waals surface area contributed by atoms with E-state index < -0.39 is 0 Å². The average Bonchev–Trinajstić information content (AvgIpc) is 2.63. The molecule has 3 aromatic rings. The van der Waals surface area contributed by atoms with Gasteiger partial charge >= 0.3 is 0 Å². The minimum Gasteiger partial charge on any atom is -0.398 e. The van der Waals surface area contributed by atoms with Crippen molar-refractivity contribution in [1.29, 1.82) is 5.41 Å². The van der Waals surface area contributed by atoms with Crippen molar-refractivity contribution in [2.45, 2.75) is 0 Å². The second-order valence-electron chi connectivity index (χ2n) is 5.31. The normalized spacial score (nSPS) is 11.2. The lowest BCUT2D eigenvalue weighted by molar-refractivity contribution is 1.50. The quantitative estimate of drug-likeness (QED) is 0.656. The Hall–Kier alpha value is -3.13. The summed E-state index contributed by atoms with van der Waals surface area (Å²) in [6.07, 6.45) is 2.79. The van der Waals surface area contributed by atoms with Crippen LogP contribution in [-0.4, -0.2) is 6.21 Å². The Morgan fingerprint density at radius 3 is 1.57 bits per heavy atom. The first-order chi connectivity index (χ1) is 11.3. The van der Waals surface area contributed by atoms with Crippen LogP contribution in [-0.2, 0) is 0 Å². The third-order valence-electron chi connectivity index (χ3n) is 3.81. The number of allylic oxidation sites excluding steroid dienone is 1. The molecule has 0 unspecified atom stereocenters. The van der Waals surface area contributed by atoms with Crippen molar-refractivity contribution in [3.05, 3.63) is 90.5 Å². The fraction of sp³-hybridized carbons (Fsp3) is 0. The van der Waals surface area contributed by atoms with E-state index in [0.717, 1.165) is 11.1 Å². The van der Waals surface area contributed by atoms with Crippen molar-refractivity contribution in [3.63, 3.8) is 0 Å². The maximum Gasteiger partial charge on any atom is 0.0402 e. The predicted octanol–water partition coefficient (Wildman–Crippen LogP) is 4.97. The van der Waals surface area contributed by atoms with Gasteiger partial charge < -0.3 is 11.1 Å². The minimum atomic E-state index is 0.603. The highest BCUT2D eigenvalue weighted by Crippen LogP contribution is 2.25. The molecule has 2 nitrogen and oxygen atoms in total. The van der Waals surface area contributed by atoms with Crippen molar-refractivity contribution < 1.29 is 0 Å². The fourth-order valence-corrected chi connectivity index (χ4v) is 2.53. The van der Waals surface area contributed by atoms with Crippen molar-refractivity contribution >= 4 is 11.9 Å². The number of nitrogens with two attached hydrogens (primary N) is 1. The Balaban J connectivity index is 1.85. The Morgan fingerprint density at radius 2 is 1.09 bits per heavy atom. The van der Waals surface area contributed by atoms with Crippen molar-refractivity contribution in [1.82, 2.24) is 0 Å². The second-order valence-corrected chi connectivity index (χ2v) is 5.31. The lowest BCUT2D eigenvalue weighted by atomic mass is 9.99. The van der Waals surface area contributed by atoms with E-state index in [2.05, 4.69) is 48.5 Å². The first kappa shape index (κ1) is 14.8. The van der Waals surface area contributed by atoms with E-state index in [-0.39, 0.29) is 0 Å². The summed E-state index contributed by atoms with van der Waals surface area (Å²) >= 11 is 0. The first-order valence-electron chi connectivity index (χ1n) is 7.50. The summed E-state index contributed by atoms with van der Waals surface area (Å²) in [5.74, 6) is 0. The maximum atomic E-state index is 7.07. The monoisotopic (exact) mass is 298 g/mol. The summed E-state index contributed by atoms with van der Waals surface area (Å²) < 4.78 is 0. The van der Waals surface area contributed by atoms with Crippen LogP contribution in [0.5, 0.6) is 0 Å². The Kier molecular flexibility index (Phi) is 4.34. The number of rotatable bonds is 4. The number of hydrogen-bond acceptors (Lipinski definition) is 2. The molecule has 0 radical (unpaired) electrons. The SMILES string of the molecule is N=CC=C(N)c1ccc(-c2ccc(-c3ccccc3)cc2)cc1. The van der Waals surface area contributed by atoms with E-state index in [1.165, 1.54) is 22.9 Å². The molecule has 0 heterocycles. The van der Waals surface area contributed by atoms with Crippen molar-refractivity contribution in [3.8, 4) is 22.3 Å². The van der Waals surface area contributed by atoms with Crippen LogP contribution in [0.15, 0.2) is 84.9 Å². The average molecular weight is 298 g/mol. The van der Waals surface area contributed by atoms with E-state index in [4.69, 9.17) is 11.1 Å². The molecule has 0 aliphatic heterocycles. The van der Waals surface area contributed by atoms with Gasteiger partial charge in [0.05, 0.1) is 0 Å². The Bertz CT molecular complexity index is 814. The number of nitrogens with one attached hydrogen (secondary N) is 1. The molecule has 3 N–H and O–H groups in total. The van der Waals surface area contributed by atoms with E-state index in [1.54, 1.807) is 6.08 Å². The molecule has 23 heavy (non-hydrogen) atoms. The topological polar surface area (TPSA) is 49.9 Å². The van der Waals surface area contributed by atoms with Crippen LogP contribution in [0, 0.1) is 5.41 Å². The minimum absolute atomic E-state index is 0.603. The van der Waals surface area contributed by atoms with Gasteiger partial charge in [-0.25, -0.2) is 0 Å². The summed E-state index contributed by atoms with van der Waals surface area (Å²) in [5, 5.41) is 7.07. The third-order valence-corrected chi connectivity index (χ3v) is 3.81. The highest BCUT2D eigenvalue weighted by atomic mass is 14.6. The van der Waals surface area contributed by atoms with E-state index in [1.807, 2.05) is 30.3 Å². The largest absolute Gasteiger partial charge is 0.398 e. The van der Waals surface area contributed by atoms with Gasteiger partial charge in [0.25, 0.3) is 0 Å². The molecule has 0 atom stereocenters. The molecule has 0 aromatic heterocycles. The van der Waals surface area contributed by atoms with Gasteiger partial charge in [-0.1, -0.05) is 78.9 Å². The van der Waals surface area contributed by atoms with Gasteiger partial charge in [0, 0.05) is 11.9 Å². The summed E-state index contributed by atoms with van der Waals surface area (Å²) in [4.78, 5) is 0. The van der Waals surface area contributed by atoms with Crippen LogP contribution in [0.2, 0.25) is 0 Å². The van der Waals surface area contributed by atoms with Crippen LogP contribution < -0.4 is 5.73 Å². The zero-order valence-electron chi connectivity index (χ0n) is 12.7. The molecule has 0 spiro atoms. The Labute approximate surface area is 136 Å². The smallest absolute Gasteiger partial charge is 0.0402 e. The maximum absolute atomic E-state index is 7.07. The lowest BCUT2D eigenvalue weighted by Gasteiger charge is -2.06. The predicted molar refractivity (Wildman–Crippen MR) is 98.3 cm³/mol. The van der Waals surface area contributed by atoms with E-state index in [9.17, 15) is 0 Å². The van der Waals surface area contributed by atoms with Gasteiger partial charge in [-0.15, -0.1) is 0 Å². The first-order valence-corrected chi connectivity index (χ1v) is 7.50. The molecule has 112 valence electrons. The van der Waals surface area contributed by atoms with E-state index in [0.29, 0.717) is 5.70 Å². The van der Waals surface area contributed by atoms with Gasteiger partial charge in [0.2, 0.25) is 0 Å². The zero-order valence-corrected chi connectivity index (χ0v) is 12.7. The van der Waals surface area contributed by atoms with Crippen LogP contribution in [0.1, 0.15) is 5.56 Å². The lowest BCUT2D eigenvalue weighted by Crippen LogP contribution is -1.96. The van der Waals surface area contributed by atoms with E-state index >= 15 is 0 Å². The van der Waals surface area contributed by atoms with Gasteiger partial charge in [-0.2, -0.15) is 0 Å². The van der Waals surface area contributed by atoms with Crippen LogP contribution in [0.25, 0.3) is 28.0 Å². The highest BCUT2D eigenvalue weighted by molar-refractivity contribution is 5.82. The highest BCUT2D eigenvalue weighted by Gasteiger charge is 2.01. The molecule has 0 amide bonds. The summed E-state index contributed by atoms with van der Waals surface area (Å²) in [6, 6.07) is 27.0. The molecule has 0 saturated carbocycles. The summed E-state index contributed by atoms with van der Waals surface area (Å²) in [7, 11) is 0. The molecule has 0 aliphatic rings. The van der Waals surface area contributed by atoms with Gasteiger partial charge in [-0.3, -0.25) is 0 Å². The molecule has 0 bridgehead atoms.